The largest absolute Gasteiger partial charge is 0.412 e. The monoisotopic (exact) mass is 99.1 g/mol. The van der Waals surface area contributed by atoms with E-state index < -0.39 is 0 Å². The summed E-state index contributed by atoms with van der Waals surface area (Å²) in [5.74, 6) is 0. The second-order valence-corrected chi connectivity index (χ2v) is 1.27. The number of nitrogens with zero attached hydrogens (tertiary/aromatic N) is 1. The van der Waals surface area contributed by atoms with Crippen molar-refractivity contribution in [1.29, 1.82) is 0 Å². The standard InChI is InChI=1S/C5H7N.H2O/c1-2-4-6-5-3-1;/h1-2,4H,3,5H2;1H2. The molecule has 40 valence electrons. The van der Waals surface area contributed by atoms with E-state index in [9.17, 15) is 0 Å². The minimum atomic E-state index is 0. The quantitative estimate of drug-likeness (QED) is 0.416. The molecule has 0 radical (unpaired) electrons. The average molecular weight is 99.1 g/mol. The van der Waals surface area contributed by atoms with Gasteiger partial charge in [-0.1, -0.05) is 6.08 Å². The number of hydrogen-bond acceptors (Lipinski definition) is 1. The summed E-state index contributed by atoms with van der Waals surface area (Å²) in [7, 11) is 0. The van der Waals surface area contributed by atoms with Crippen LogP contribution in [0.15, 0.2) is 17.1 Å². The molecule has 1 rings (SSSR count). The molecule has 0 unspecified atom stereocenters. The van der Waals surface area contributed by atoms with Crippen LogP contribution in [0.1, 0.15) is 6.42 Å². The van der Waals surface area contributed by atoms with Gasteiger partial charge in [-0.2, -0.15) is 0 Å². The molecular weight excluding hydrogens is 90.1 g/mol. The number of dihydropyridines is 1. The van der Waals surface area contributed by atoms with Gasteiger partial charge in [0, 0.05) is 12.8 Å². The zero-order chi connectivity index (χ0) is 4.24. The van der Waals surface area contributed by atoms with E-state index in [1.54, 1.807) is 0 Å². The van der Waals surface area contributed by atoms with Crippen molar-refractivity contribution >= 4 is 6.21 Å². The molecule has 7 heavy (non-hydrogen) atoms. The van der Waals surface area contributed by atoms with Crippen LogP contribution in [0.25, 0.3) is 0 Å². The lowest BCUT2D eigenvalue weighted by atomic mass is 10.3. The van der Waals surface area contributed by atoms with Crippen molar-refractivity contribution in [2.75, 3.05) is 6.54 Å². The zero-order valence-corrected chi connectivity index (χ0v) is 4.09. The van der Waals surface area contributed by atoms with Crippen LogP contribution in [0.5, 0.6) is 0 Å². The molecule has 0 aromatic carbocycles. The van der Waals surface area contributed by atoms with Crippen molar-refractivity contribution in [3.63, 3.8) is 0 Å². The van der Waals surface area contributed by atoms with Crippen molar-refractivity contribution in [3.8, 4) is 0 Å². The maximum Gasteiger partial charge on any atom is 0.0423 e. The first-order valence-electron chi connectivity index (χ1n) is 2.15. The van der Waals surface area contributed by atoms with Gasteiger partial charge < -0.3 is 5.48 Å². The Kier molecular flexibility index (Phi) is 3.24. The number of rotatable bonds is 0. The Hall–Kier alpha value is -0.630. The Labute approximate surface area is 42.9 Å². The molecule has 2 heteroatoms. The smallest absolute Gasteiger partial charge is 0.0423 e. The third-order valence-corrected chi connectivity index (χ3v) is 0.752. The highest BCUT2D eigenvalue weighted by Gasteiger charge is 1.78. The minimum Gasteiger partial charge on any atom is -0.412 e. The Morgan fingerprint density at radius 3 is 2.43 bits per heavy atom. The van der Waals surface area contributed by atoms with Crippen LogP contribution in [0.4, 0.5) is 0 Å². The molecule has 0 aliphatic carbocycles. The van der Waals surface area contributed by atoms with Crippen LogP contribution < -0.4 is 0 Å². The van der Waals surface area contributed by atoms with E-state index in [1.807, 2.05) is 12.3 Å². The zero-order valence-electron chi connectivity index (χ0n) is 4.09. The van der Waals surface area contributed by atoms with Gasteiger partial charge >= 0.3 is 0 Å². The Morgan fingerprint density at radius 2 is 2.29 bits per heavy atom. The topological polar surface area (TPSA) is 43.9 Å². The fraction of sp³-hybridized carbons (Fsp3) is 0.400. The molecule has 0 amide bonds. The SMILES string of the molecule is C1=CCCN=C1.O. The lowest BCUT2D eigenvalue weighted by Gasteiger charge is -1.88. The van der Waals surface area contributed by atoms with Crippen molar-refractivity contribution in [3.05, 3.63) is 12.2 Å². The van der Waals surface area contributed by atoms with Crippen molar-refractivity contribution in [2.45, 2.75) is 6.42 Å². The average Bonchev–Trinajstić information content (AvgIpc) is 1.72. The highest BCUT2D eigenvalue weighted by Crippen LogP contribution is 1.87. The second kappa shape index (κ2) is 3.56. The summed E-state index contributed by atoms with van der Waals surface area (Å²) in [6.45, 7) is 0.983. The predicted octanol–water partition coefficient (Wildman–Crippen LogP) is 0.192. The normalized spacial score (nSPS) is 16.0. The first-order valence-corrected chi connectivity index (χ1v) is 2.15. The molecule has 0 aromatic heterocycles. The second-order valence-electron chi connectivity index (χ2n) is 1.27. The lowest BCUT2D eigenvalue weighted by molar-refractivity contribution is 0.824. The van der Waals surface area contributed by atoms with Crippen LogP contribution in [0.2, 0.25) is 0 Å². The molecular formula is C5H9NO. The van der Waals surface area contributed by atoms with Gasteiger partial charge in [0.25, 0.3) is 0 Å². The lowest BCUT2D eigenvalue weighted by Crippen LogP contribution is -1.81. The Balaban J connectivity index is 0.000000360. The molecule has 1 heterocycles. The third-order valence-electron chi connectivity index (χ3n) is 0.752. The van der Waals surface area contributed by atoms with Crippen LogP contribution in [0.3, 0.4) is 0 Å². The first kappa shape index (κ1) is 6.37. The summed E-state index contributed by atoms with van der Waals surface area (Å²) < 4.78 is 0. The maximum absolute atomic E-state index is 3.97. The van der Waals surface area contributed by atoms with E-state index >= 15 is 0 Å². The summed E-state index contributed by atoms with van der Waals surface area (Å²) in [6.07, 6.45) is 7.05. The van der Waals surface area contributed by atoms with Crippen molar-refractivity contribution < 1.29 is 5.48 Å². The summed E-state index contributed by atoms with van der Waals surface area (Å²) in [5.41, 5.74) is 0. The highest BCUT2D eigenvalue weighted by molar-refractivity contribution is 5.71. The molecule has 0 aromatic rings. The molecule has 0 spiro atoms. The van der Waals surface area contributed by atoms with Gasteiger partial charge in [-0.25, -0.2) is 0 Å². The van der Waals surface area contributed by atoms with Gasteiger partial charge in [-0.15, -0.1) is 0 Å². The van der Waals surface area contributed by atoms with Crippen molar-refractivity contribution in [1.82, 2.24) is 0 Å². The van der Waals surface area contributed by atoms with Gasteiger partial charge in [0.05, 0.1) is 0 Å². The summed E-state index contributed by atoms with van der Waals surface area (Å²) in [4.78, 5) is 3.97. The van der Waals surface area contributed by atoms with Crippen LogP contribution in [0, 0.1) is 0 Å². The van der Waals surface area contributed by atoms with E-state index in [0.29, 0.717) is 0 Å². The van der Waals surface area contributed by atoms with Gasteiger partial charge in [-0.05, 0) is 12.5 Å². The number of hydrogen-bond donors (Lipinski definition) is 0. The van der Waals surface area contributed by atoms with Crippen molar-refractivity contribution in [2.24, 2.45) is 4.99 Å². The summed E-state index contributed by atoms with van der Waals surface area (Å²) in [6, 6.07) is 0. The number of aliphatic imine (C=N–C) groups is 1. The third kappa shape index (κ3) is 2.11. The molecule has 0 fully saturated rings. The van der Waals surface area contributed by atoms with E-state index in [2.05, 4.69) is 11.1 Å². The first-order chi connectivity index (χ1) is 3.00. The van der Waals surface area contributed by atoms with Crippen LogP contribution >= 0.6 is 0 Å². The summed E-state index contributed by atoms with van der Waals surface area (Å²) >= 11 is 0. The fourth-order valence-corrected chi connectivity index (χ4v) is 0.442. The molecule has 1 aliphatic heterocycles. The number of allylic oxidation sites excluding steroid dienone is 1. The van der Waals surface area contributed by atoms with Gasteiger partial charge in [0.15, 0.2) is 0 Å². The highest BCUT2D eigenvalue weighted by atomic mass is 16.0. The fourth-order valence-electron chi connectivity index (χ4n) is 0.442. The van der Waals surface area contributed by atoms with Gasteiger partial charge in [0.1, 0.15) is 0 Å². The van der Waals surface area contributed by atoms with Gasteiger partial charge in [-0.3, -0.25) is 4.99 Å². The minimum absolute atomic E-state index is 0. The Bertz CT molecular complexity index is 74.1. The predicted molar refractivity (Wildman–Crippen MR) is 30.7 cm³/mol. The maximum atomic E-state index is 3.97. The molecule has 2 nitrogen and oxygen atoms in total. The van der Waals surface area contributed by atoms with Crippen LogP contribution in [-0.2, 0) is 0 Å². The molecule has 1 aliphatic rings. The van der Waals surface area contributed by atoms with E-state index in [1.165, 1.54) is 0 Å². The molecule has 0 atom stereocenters. The van der Waals surface area contributed by atoms with Gasteiger partial charge in [0.2, 0.25) is 0 Å². The molecule has 0 saturated carbocycles. The summed E-state index contributed by atoms with van der Waals surface area (Å²) in [5, 5.41) is 0. The molecule has 2 N–H and O–H groups in total. The Morgan fingerprint density at radius 1 is 1.43 bits per heavy atom. The van der Waals surface area contributed by atoms with E-state index in [4.69, 9.17) is 0 Å². The van der Waals surface area contributed by atoms with Crippen LogP contribution in [-0.4, -0.2) is 18.2 Å². The van der Waals surface area contributed by atoms with E-state index in [-0.39, 0.29) is 5.48 Å². The van der Waals surface area contributed by atoms with E-state index in [0.717, 1.165) is 13.0 Å². The molecule has 0 bridgehead atoms. The molecule has 0 saturated heterocycles.